The van der Waals surface area contributed by atoms with E-state index >= 15 is 0 Å². The van der Waals surface area contributed by atoms with Gasteiger partial charge in [0.15, 0.2) is 0 Å². The van der Waals surface area contributed by atoms with Gasteiger partial charge >= 0.3 is 0 Å². The SMILES string of the molecule is Nc1ccccc1CN(CC1CCOC1)C1CC1. The fraction of sp³-hybridized carbons (Fsp3) is 0.600. The lowest BCUT2D eigenvalue weighted by molar-refractivity contribution is 0.161. The van der Waals surface area contributed by atoms with E-state index in [1.165, 1.54) is 31.4 Å². The lowest BCUT2D eigenvalue weighted by Crippen LogP contribution is -2.31. The summed E-state index contributed by atoms with van der Waals surface area (Å²) in [5.74, 6) is 0.718. The molecule has 1 heterocycles. The molecule has 0 amide bonds. The summed E-state index contributed by atoms with van der Waals surface area (Å²) in [5.41, 5.74) is 8.24. The molecule has 0 radical (unpaired) electrons. The molecule has 98 valence electrons. The van der Waals surface area contributed by atoms with Gasteiger partial charge in [0.25, 0.3) is 0 Å². The molecule has 3 heteroatoms. The largest absolute Gasteiger partial charge is 0.398 e. The van der Waals surface area contributed by atoms with Crippen LogP contribution in [-0.2, 0) is 11.3 Å². The van der Waals surface area contributed by atoms with Crippen molar-refractivity contribution in [3.05, 3.63) is 29.8 Å². The first-order valence-electron chi connectivity index (χ1n) is 6.98. The molecule has 1 aliphatic carbocycles. The second-order valence-corrected chi connectivity index (χ2v) is 5.59. The highest BCUT2D eigenvalue weighted by atomic mass is 16.5. The lowest BCUT2D eigenvalue weighted by atomic mass is 10.1. The van der Waals surface area contributed by atoms with Crippen molar-refractivity contribution in [1.29, 1.82) is 0 Å². The molecule has 1 aromatic carbocycles. The Kier molecular flexibility index (Phi) is 3.52. The molecule has 2 aliphatic rings. The molecule has 3 nitrogen and oxygen atoms in total. The molecule has 18 heavy (non-hydrogen) atoms. The van der Waals surface area contributed by atoms with Crippen LogP contribution in [0.3, 0.4) is 0 Å². The predicted molar refractivity (Wildman–Crippen MR) is 73.2 cm³/mol. The third-order valence-corrected chi connectivity index (χ3v) is 4.01. The minimum atomic E-state index is 0.718. The molecule has 3 rings (SSSR count). The van der Waals surface area contributed by atoms with Gasteiger partial charge < -0.3 is 10.5 Å². The quantitative estimate of drug-likeness (QED) is 0.810. The number of anilines is 1. The molecular formula is C15H22N2O. The highest BCUT2D eigenvalue weighted by molar-refractivity contribution is 5.46. The van der Waals surface area contributed by atoms with E-state index in [-0.39, 0.29) is 0 Å². The number of ether oxygens (including phenoxy) is 1. The Morgan fingerprint density at radius 1 is 1.22 bits per heavy atom. The molecule has 0 bridgehead atoms. The van der Waals surface area contributed by atoms with Gasteiger partial charge in [-0.3, -0.25) is 4.90 Å². The summed E-state index contributed by atoms with van der Waals surface area (Å²) in [6.07, 6.45) is 3.91. The molecule has 1 atom stereocenters. The highest BCUT2D eigenvalue weighted by Crippen LogP contribution is 2.31. The van der Waals surface area contributed by atoms with Gasteiger partial charge in [-0.15, -0.1) is 0 Å². The second-order valence-electron chi connectivity index (χ2n) is 5.59. The van der Waals surface area contributed by atoms with E-state index in [0.29, 0.717) is 0 Å². The number of nitrogens with two attached hydrogens (primary N) is 1. The van der Waals surface area contributed by atoms with Crippen LogP contribution >= 0.6 is 0 Å². The Balaban J connectivity index is 1.64. The maximum atomic E-state index is 6.05. The zero-order valence-corrected chi connectivity index (χ0v) is 10.8. The Labute approximate surface area is 109 Å². The number of nitrogen functional groups attached to an aromatic ring is 1. The van der Waals surface area contributed by atoms with Gasteiger partial charge in [-0.05, 0) is 36.8 Å². The monoisotopic (exact) mass is 246 g/mol. The first-order chi connectivity index (χ1) is 8.83. The van der Waals surface area contributed by atoms with E-state index in [0.717, 1.165) is 37.4 Å². The Morgan fingerprint density at radius 2 is 2.06 bits per heavy atom. The fourth-order valence-corrected chi connectivity index (χ4v) is 2.74. The molecule has 2 fully saturated rings. The molecule has 0 aromatic heterocycles. The molecule has 1 aliphatic heterocycles. The molecule has 1 unspecified atom stereocenters. The normalized spacial score (nSPS) is 23.7. The minimum Gasteiger partial charge on any atom is -0.398 e. The van der Waals surface area contributed by atoms with Crippen molar-refractivity contribution in [2.24, 2.45) is 5.92 Å². The summed E-state index contributed by atoms with van der Waals surface area (Å²) in [6.45, 7) is 4.04. The van der Waals surface area contributed by atoms with E-state index in [1.54, 1.807) is 0 Å². The number of rotatable bonds is 5. The van der Waals surface area contributed by atoms with Crippen LogP contribution in [0.15, 0.2) is 24.3 Å². The third kappa shape index (κ3) is 2.85. The van der Waals surface area contributed by atoms with Crippen molar-refractivity contribution in [1.82, 2.24) is 4.90 Å². The average Bonchev–Trinajstić information content (AvgIpc) is 3.10. The summed E-state index contributed by atoms with van der Waals surface area (Å²) in [5, 5.41) is 0. The van der Waals surface area contributed by atoms with E-state index < -0.39 is 0 Å². The number of para-hydroxylation sites is 1. The van der Waals surface area contributed by atoms with Crippen LogP contribution in [0.4, 0.5) is 5.69 Å². The van der Waals surface area contributed by atoms with Crippen molar-refractivity contribution >= 4 is 5.69 Å². The molecule has 0 spiro atoms. The highest BCUT2D eigenvalue weighted by Gasteiger charge is 2.31. The van der Waals surface area contributed by atoms with Crippen LogP contribution in [0.1, 0.15) is 24.8 Å². The number of benzene rings is 1. The van der Waals surface area contributed by atoms with Gasteiger partial charge in [0.05, 0.1) is 6.61 Å². The van der Waals surface area contributed by atoms with Crippen molar-refractivity contribution < 1.29 is 4.74 Å². The predicted octanol–water partition coefficient (Wildman–Crippen LogP) is 2.27. The van der Waals surface area contributed by atoms with Gasteiger partial charge in [-0.1, -0.05) is 18.2 Å². The molecule has 1 saturated heterocycles. The van der Waals surface area contributed by atoms with Crippen molar-refractivity contribution in [2.75, 3.05) is 25.5 Å². The topological polar surface area (TPSA) is 38.5 Å². The summed E-state index contributed by atoms with van der Waals surface area (Å²) in [4.78, 5) is 2.60. The zero-order valence-electron chi connectivity index (χ0n) is 10.8. The first-order valence-corrected chi connectivity index (χ1v) is 6.98. The number of hydrogen-bond acceptors (Lipinski definition) is 3. The molecule has 2 N–H and O–H groups in total. The van der Waals surface area contributed by atoms with Crippen molar-refractivity contribution in [3.8, 4) is 0 Å². The zero-order chi connectivity index (χ0) is 12.4. The third-order valence-electron chi connectivity index (χ3n) is 4.01. The maximum absolute atomic E-state index is 6.05. The van der Waals surface area contributed by atoms with Gasteiger partial charge in [-0.25, -0.2) is 0 Å². The van der Waals surface area contributed by atoms with Crippen molar-refractivity contribution in [2.45, 2.75) is 31.8 Å². The van der Waals surface area contributed by atoms with Crippen LogP contribution in [0, 0.1) is 5.92 Å². The van der Waals surface area contributed by atoms with Gasteiger partial charge in [0.1, 0.15) is 0 Å². The van der Waals surface area contributed by atoms with Gasteiger partial charge in [0, 0.05) is 31.4 Å². The Bertz CT molecular complexity index is 397. The summed E-state index contributed by atoms with van der Waals surface area (Å²) >= 11 is 0. The van der Waals surface area contributed by atoms with Crippen LogP contribution < -0.4 is 5.73 Å². The molecular weight excluding hydrogens is 224 g/mol. The van der Waals surface area contributed by atoms with Gasteiger partial charge in [-0.2, -0.15) is 0 Å². The number of hydrogen-bond donors (Lipinski definition) is 1. The van der Waals surface area contributed by atoms with Crippen LogP contribution in [-0.4, -0.2) is 30.7 Å². The van der Waals surface area contributed by atoms with E-state index in [4.69, 9.17) is 10.5 Å². The van der Waals surface area contributed by atoms with Crippen LogP contribution in [0.2, 0.25) is 0 Å². The van der Waals surface area contributed by atoms with E-state index in [1.807, 2.05) is 12.1 Å². The average molecular weight is 246 g/mol. The Morgan fingerprint density at radius 3 is 2.72 bits per heavy atom. The summed E-state index contributed by atoms with van der Waals surface area (Å²) in [7, 11) is 0. The maximum Gasteiger partial charge on any atom is 0.0507 e. The standard InChI is InChI=1S/C15H22N2O/c16-15-4-2-1-3-13(15)10-17(14-5-6-14)9-12-7-8-18-11-12/h1-4,12,14H,5-11,16H2. The minimum absolute atomic E-state index is 0.718. The van der Waals surface area contributed by atoms with Crippen molar-refractivity contribution in [3.63, 3.8) is 0 Å². The fourth-order valence-electron chi connectivity index (χ4n) is 2.74. The van der Waals surface area contributed by atoms with Crippen LogP contribution in [0.5, 0.6) is 0 Å². The summed E-state index contributed by atoms with van der Waals surface area (Å²) in [6, 6.07) is 9.01. The molecule has 1 aromatic rings. The smallest absolute Gasteiger partial charge is 0.0507 e. The van der Waals surface area contributed by atoms with E-state index in [2.05, 4.69) is 17.0 Å². The lowest BCUT2D eigenvalue weighted by Gasteiger charge is -2.25. The number of nitrogens with zero attached hydrogens (tertiary/aromatic N) is 1. The van der Waals surface area contributed by atoms with E-state index in [9.17, 15) is 0 Å². The second kappa shape index (κ2) is 5.29. The molecule has 1 saturated carbocycles. The first kappa shape index (κ1) is 12.0. The summed E-state index contributed by atoms with van der Waals surface area (Å²) < 4.78 is 5.48. The Hall–Kier alpha value is -1.06. The van der Waals surface area contributed by atoms with Crippen LogP contribution in [0.25, 0.3) is 0 Å². The van der Waals surface area contributed by atoms with Gasteiger partial charge in [0.2, 0.25) is 0 Å².